The molecule has 2 aliphatic rings. The Kier molecular flexibility index (Phi) is 3.10. The van der Waals surface area contributed by atoms with Crippen LogP contribution < -0.4 is 4.74 Å². The summed E-state index contributed by atoms with van der Waals surface area (Å²) < 4.78 is 10.9. The Morgan fingerprint density at radius 1 is 1.17 bits per heavy atom. The Morgan fingerprint density at radius 2 is 1.94 bits per heavy atom. The fourth-order valence-electron chi connectivity index (χ4n) is 2.90. The van der Waals surface area contributed by atoms with Gasteiger partial charge in [0.05, 0.1) is 13.2 Å². The molecule has 0 aliphatic heterocycles. The van der Waals surface area contributed by atoms with Gasteiger partial charge in [-0.3, -0.25) is 0 Å². The van der Waals surface area contributed by atoms with E-state index >= 15 is 0 Å². The van der Waals surface area contributed by atoms with E-state index in [1.165, 1.54) is 6.42 Å². The van der Waals surface area contributed by atoms with Crippen molar-refractivity contribution >= 4 is 0 Å². The van der Waals surface area contributed by atoms with E-state index < -0.39 is 6.29 Å². The summed E-state index contributed by atoms with van der Waals surface area (Å²) in [7, 11) is 1.63. The van der Waals surface area contributed by atoms with Crippen molar-refractivity contribution in [2.24, 2.45) is 11.8 Å². The minimum Gasteiger partial charge on any atom is -0.497 e. The van der Waals surface area contributed by atoms with Crippen LogP contribution in [0.2, 0.25) is 0 Å². The van der Waals surface area contributed by atoms with Crippen molar-refractivity contribution in [3.63, 3.8) is 0 Å². The van der Waals surface area contributed by atoms with Gasteiger partial charge in [0.2, 0.25) is 0 Å². The van der Waals surface area contributed by atoms with Gasteiger partial charge in [-0.05, 0) is 30.9 Å². The fraction of sp³-hybridized carbons (Fsp3) is 0.467. The third-order valence-electron chi connectivity index (χ3n) is 3.92. The Morgan fingerprint density at radius 3 is 2.50 bits per heavy atom. The van der Waals surface area contributed by atoms with E-state index in [2.05, 4.69) is 12.2 Å². The van der Waals surface area contributed by atoms with Gasteiger partial charge in [0.15, 0.2) is 6.29 Å². The lowest BCUT2D eigenvalue weighted by atomic mass is 10.0. The smallest absolute Gasteiger partial charge is 0.181 e. The maximum absolute atomic E-state index is 10.1. The van der Waals surface area contributed by atoms with Gasteiger partial charge in [0.1, 0.15) is 5.75 Å². The molecule has 3 heteroatoms. The zero-order chi connectivity index (χ0) is 12.5. The van der Waals surface area contributed by atoms with E-state index in [0.29, 0.717) is 11.8 Å². The average molecular weight is 246 g/mol. The number of aliphatic hydroxyl groups excluding tert-OH is 1. The number of hydrogen-bond acceptors (Lipinski definition) is 3. The van der Waals surface area contributed by atoms with Crippen molar-refractivity contribution in [1.82, 2.24) is 0 Å². The second-order valence-electron chi connectivity index (χ2n) is 5.08. The molecule has 2 aliphatic carbocycles. The highest BCUT2D eigenvalue weighted by Crippen LogP contribution is 2.42. The summed E-state index contributed by atoms with van der Waals surface area (Å²) in [5.41, 5.74) is 0.780. The van der Waals surface area contributed by atoms with Crippen LogP contribution in [-0.4, -0.2) is 18.3 Å². The molecule has 3 rings (SSSR count). The van der Waals surface area contributed by atoms with Gasteiger partial charge in [-0.2, -0.15) is 0 Å². The van der Waals surface area contributed by atoms with E-state index in [-0.39, 0.29) is 6.10 Å². The van der Waals surface area contributed by atoms with Gasteiger partial charge in [-0.15, -0.1) is 0 Å². The summed E-state index contributed by atoms with van der Waals surface area (Å²) >= 11 is 0. The summed E-state index contributed by atoms with van der Waals surface area (Å²) in [6, 6.07) is 7.35. The van der Waals surface area contributed by atoms with Gasteiger partial charge < -0.3 is 14.6 Å². The number of methoxy groups -OCH3 is 1. The normalized spacial score (nSPS) is 30.7. The minimum absolute atomic E-state index is 0.164. The van der Waals surface area contributed by atoms with Gasteiger partial charge in [-0.1, -0.05) is 24.3 Å². The molecule has 0 amide bonds. The van der Waals surface area contributed by atoms with Crippen LogP contribution in [0, 0.1) is 11.8 Å². The standard InChI is InChI=1S/C15H18O3/c1-17-13-6-4-11(5-7-13)15(16)18-14-9-10-2-3-12(14)8-10/h2-7,10,12,14-16H,8-9H2,1H3/t10-,12-,14+,15+/m0/s1. The van der Waals surface area contributed by atoms with E-state index in [0.717, 1.165) is 17.7 Å². The topological polar surface area (TPSA) is 38.7 Å². The highest BCUT2D eigenvalue weighted by molar-refractivity contribution is 5.27. The van der Waals surface area contributed by atoms with Crippen molar-refractivity contribution in [2.45, 2.75) is 25.2 Å². The number of rotatable bonds is 4. The summed E-state index contributed by atoms with van der Waals surface area (Å²) in [6.07, 6.45) is 6.03. The van der Waals surface area contributed by atoms with Crippen LogP contribution in [0.1, 0.15) is 24.7 Å². The third kappa shape index (κ3) is 2.16. The molecule has 0 heterocycles. The molecule has 1 fully saturated rings. The largest absolute Gasteiger partial charge is 0.497 e. The Balaban J connectivity index is 1.63. The quantitative estimate of drug-likeness (QED) is 0.655. The first-order valence-electron chi connectivity index (χ1n) is 6.42. The molecule has 1 aromatic carbocycles. The summed E-state index contributed by atoms with van der Waals surface area (Å²) in [5.74, 6) is 1.93. The summed E-state index contributed by atoms with van der Waals surface area (Å²) in [6.45, 7) is 0. The molecule has 2 bridgehead atoms. The Labute approximate surface area is 107 Å². The van der Waals surface area contributed by atoms with Gasteiger partial charge in [-0.25, -0.2) is 0 Å². The summed E-state index contributed by atoms with van der Waals surface area (Å²) in [4.78, 5) is 0. The third-order valence-corrected chi connectivity index (χ3v) is 3.92. The zero-order valence-corrected chi connectivity index (χ0v) is 10.5. The molecule has 1 N–H and O–H groups in total. The number of ether oxygens (including phenoxy) is 2. The van der Waals surface area contributed by atoms with E-state index in [1.54, 1.807) is 7.11 Å². The van der Waals surface area contributed by atoms with Crippen molar-refractivity contribution in [1.29, 1.82) is 0 Å². The maximum atomic E-state index is 10.1. The molecule has 0 unspecified atom stereocenters. The monoisotopic (exact) mass is 246 g/mol. The Bertz CT molecular complexity index is 438. The van der Waals surface area contributed by atoms with Crippen LogP contribution in [-0.2, 0) is 4.74 Å². The minimum atomic E-state index is -0.839. The number of allylic oxidation sites excluding steroid dienone is 1. The van der Waals surface area contributed by atoms with E-state index in [4.69, 9.17) is 9.47 Å². The fourth-order valence-corrected chi connectivity index (χ4v) is 2.90. The number of fused-ring (bicyclic) bond motifs is 2. The molecule has 0 saturated heterocycles. The first-order valence-corrected chi connectivity index (χ1v) is 6.42. The highest BCUT2D eigenvalue weighted by Gasteiger charge is 2.37. The van der Waals surface area contributed by atoms with Gasteiger partial charge in [0.25, 0.3) is 0 Å². The number of benzene rings is 1. The van der Waals surface area contributed by atoms with Crippen molar-refractivity contribution in [3.05, 3.63) is 42.0 Å². The van der Waals surface area contributed by atoms with Crippen molar-refractivity contribution < 1.29 is 14.6 Å². The molecular formula is C15H18O3. The average Bonchev–Trinajstić information content (AvgIpc) is 3.01. The predicted octanol–water partition coefficient (Wildman–Crippen LogP) is 2.67. The van der Waals surface area contributed by atoms with E-state index in [9.17, 15) is 5.11 Å². The predicted molar refractivity (Wildman–Crippen MR) is 68.2 cm³/mol. The molecule has 0 aromatic heterocycles. The van der Waals surface area contributed by atoms with Crippen molar-refractivity contribution in [2.75, 3.05) is 7.11 Å². The lowest BCUT2D eigenvalue weighted by molar-refractivity contribution is -0.146. The number of hydrogen-bond donors (Lipinski definition) is 1. The molecular weight excluding hydrogens is 228 g/mol. The van der Waals surface area contributed by atoms with Gasteiger partial charge >= 0.3 is 0 Å². The number of aliphatic hydroxyl groups is 1. The first kappa shape index (κ1) is 11.8. The van der Waals surface area contributed by atoms with Crippen LogP contribution in [0.25, 0.3) is 0 Å². The summed E-state index contributed by atoms with van der Waals surface area (Å²) in [5, 5.41) is 10.1. The maximum Gasteiger partial charge on any atom is 0.181 e. The molecule has 18 heavy (non-hydrogen) atoms. The molecule has 4 atom stereocenters. The Hall–Kier alpha value is -1.32. The van der Waals surface area contributed by atoms with Crippen LogP contribution >= 0.6 is 0 Å². The molecule has 96 valence electrons. The lowest BCUT2D eigenvalue weighted by Gasteiger charge is -2.23. The van der Waals surface area contributed by atoms with Gasteiger partial charge in [0, 0.05) is 11.5 Å². The molecule has 0 radical (unpaired) electrons. The zero-order valence-electron chi connectivity index (χ0n) is 10.5. The molecule has 3 nitrogen and oxygen atoms in total. The molecule has 1 aromatic rings. The first-order chi connectivity index (χ1) is 8.76. The van der Waals surface area contributed by atoms with E-state index in [1.807, 2.05) is 24.3 Å². The lowest BCUT2D eigenvalue weighted by Crippen LogP contribution is -2.21. The second-order valence-corrected chi connectivity index (χ2v) is 5.08. The van der Waals surface area contributed by atoms with Crippen LogP contribution in [0.4, 0.5) is 0 Å². The van der Waals surface area contributed by atoms with Crippen molar-refractivity contribution in [3.8, 4) is 5.75 Å². The van der Waals surface area contributed by atoms with Crippen LogP contribution in [0.5, 0.6) is 5.75 Å². The second kappa shape index (κ2) is 4.75. The molecule has 1 saturated carbocycles. The van der Waals surface area contributed by atoms with Crippen LogP contribution in [0.15, 0.2) is 36.4 Å². The SMILES string of the molecule is COc1ccc([C@H](O)O[C@@H]2C[C@H]3C=C[C@H]2C3)cc1. The highest BCUT2D eigenvalue weighted by atomic mass is 16.6. The molecule has 0 spiro atoms. The van der Waals surface area contributed by atoms with Crippen LogP contribution in [0.3, 0.4) is 0 Å².